The monoisotopic (exact) mass is 249 g/mol. The summed E-state index contributed by atoms with van der Waals surface area (Å²) in [5.41, 5.74) is 1.09. The second-order valence-corrected chi connectivity index (χ2v) is 5.74. The number of amidine groups is 1. The number of thioether (sulfide) groups is 1. The first-order valence-corrected chi connectivity index (χ1v) is 6.97. The van der Waals surface area contributed by atoms with Crippen LogP contribution in [0, 0.1) is 0 Å². The Morgan fingerprint density at radius 2 is 2.31 bits per heavy atom. The molecule has 0 bridgehead atoms. The summed E-state index contributed by atoms with van der Waals surface area (Å²) in [7, 11) is 0. The first-order valence-electron chi connectivity index (χ1n) is 5.17. The Kier molecular flexibility index (Phi) is 2.80. The van der Waals surface area contributed by atoms with Crippen LogP contribution in [0.25, 0.3) is 10.2 Å². The molecule has 2 aromatic rings. The van der Waals surface area contributed by atoms with Gasteiger partial charge in [0.05, 0.1) is 22.5 Å². The summed E-state index contributed by atoms with van der Waals surface area (Å²) in [6.45, 7) is 1.89. The van der Waals surface area contributed by atoms with Crippen molar-refractivity contribution in [3.05, 3.63) is 24.3 Å². The lowest BCUT2D eigenvalue weighted by Gasteiger charge is -1.98. The first-order chi connectivity index (χ1) is 7.92. The van der Waals surface area contributed by atoms with Gasteiger partial charge in [0.25, 0.3) is 0 Å². The fourth-order valence-corrected chi connectivity index (χ4v) is 3.58. The highest BCUT2D eigenvalue weighted by atomic mass is 32.2. The molecule has 0 saturated heterocycles. The summed E-state index contributed by atoms with van der Waals surface area (Å²) in [5, 5.41) is 3.27. The average molecular weight is 249 g/mol. The molecular formula is C11H11N3S2. The SMILES string of the molecule is c1ccc2sc(SCC3=NCCN3)nc2c1. The molecule has 1 aliphatic heterocycles. The van der Waals surface area contributed by atoms with Crippen molar-refractivity contribution < 1.29 is 0 Å². The number of hydrogen-bond acceptors (Lipinski definition) is 5. The highest BCUT2D eigenvalue weighted by Gasteiger charge is 2.08. The van der Waals surface area contributed by atoms with Crippen molar-refractivity contribution in [3.63, 3.8) is 0 Å². The number of fused-ring (bicyclic) bond motifs is 1. The Morgan fingerprint density at radius 1 is 1.38 bits per heavy atom. The van der Waals surface area contributed by atoms with E-state index in [0.717, 1.165) is 34.5 Å². The van der Waals surface area contributed by atoms with Crippen molar-refractivity contribution in [2.24, 2.45) is 4.99 Å². The van der Waals surface area contributed by atoms with E-state index in [4.69, 9.17) is 0 Å². The molecule has 1 aliphatic rings. The molecule has 0 spiro atoms. The van der Waals surface area contributed by atoms with Crippen LogP contribution in [0.15, 0.2) is 33.6 Å². The predicted molar refractivity (Wildman–Crippen MR) is 70.6 cm³/mol. The molecule has 2 heterocycles. The third-order valence-electron chi connectivity index (χ3n) is 2.35. The Morgan fingerprint density at radius 3 is 3.12 bits per heavy atom. The number of aromatic nitrogens is 1. The molecule has 3 rings (SSSR count). The minimum Gasteiger partial charge on any atom is -0.371 e. The molecule has 0 fully saturated rings. The lowest BCUT2D eigenvalue weighted by Crippen LogP contribution is -2.20. The van der Waals surface area contributed by atoms with Gasteiger partial charge in [-0.15, -0.1) is 11.3 Å². The molecule has 0 saturated carbocycles. The van der Waals surface area contributed by atoms with Crippen molar-refractivity contribution in [3.8, 4) is 0 Å². The lowest BCUT2D eigenvalue weighted by atomic mass is 10.3. The molecule has 3 nitrogen and oxygen atoms in total. The van der Waals surface area contributed by atoms with Crippen LogP contribution in [0.4, 0.5) is 0 Å². The predicted octanol–water partition coefficient (Wildman–Crippen LogP) is 2.39. The van der Waals surface area contributed by atoms with Crippen LogP contribution in [0.2, 0.25) is 0 Å². The Labute approximate surface area is 102 Å². The Hall–Kier alpha value is -1.07. The van der Waals surface area contributed by atoms with Crippen LogP contribution in [0.3, 0.4) is 0 Å². The maximum atomic E-state index is 4.57. The Bertz CT molecular complexity index is 500. The quantitative estimate of drug-likeness (QED) is 0.849. The zero-order valence-electron chi connectivity index (χ0n) is 8.64. The molecule has 0 atom stereocenters. The standard InChI is InChI=1S/C11H11N3S2/c1-2-4-9-8(3-1)14-11(16-9)15-7-10-12-5-6-13-10/h1-4H,5-7H2,(H,12,13). The third kappa shape index (κ3) is 2.05. The molecule has 1 N–H and O–H groups in total. The number of benzene rings is 1. The summed E-state index contributed by atoms with van der Waals surface area (Å²) >= 11 is 3.51. The van der Waals surface area contributed by atoms with E-state index >= 15 is 0 Å². The second-order valence-electron chi connectivity index (χ2n) is 3.49. The van der Waals surface area contributed by atoms with Crippen LogP contribution in [-0.2, 0) is 0 Å². The van der Waals surface area contributed by atoms with Gasteiger partial charge in [0.2, 0.25) is 0 Å². The normalized spacial score (nSPS) is 15.1. The zero-order valence-corrected chi connectivity index (χ0v) is 10.3. The van der Waals surface area contributed by atoms with Crippen LogP contribution < -0.4 is 5.32 Å². The van der Waals surface area contributed by atoms with Crippen molar-refractivity contribution in [2.45, 2.75) is 4.34 Å². The number of rotatable bonds is 3. The summed E-state index contributed by atoms with van der Waals surface area (Å²) < 4.78 is 2.38. The minimum absolute atomic E-state index is 0.903. The van der Waals surface area contributed by atoms with Crippen molar-refractivity contribution in [1.29, 1.82) is 0 Å². The molecule has 0 unspecified atom stereocenters. The molecule has 16 heavy (non-hydrogen) atoms. The van der Waals surface area contributed by atoms with E-state index in [1.54, 1.807) is 23.1 Å². The number of hydrogen-bond donors (Lipinski definition) is 1. The van der Waals surface area contributed by atoms with Gasteiger partial charge < -0.3 is 5.32 Å². The van der Waals surface area contributed by atoms with Gasteiger partial charge >= 0.3 is 0 Å². The minimum atomic E-state index is 0.903. The molecule has 1 aromatic heterocycles. The van der Waals surface area contributed by atoms with Crippen LogP contribution in [-0.4, -0.2) is 29.7 Å². The average Bonchev–Trinajstić information content (AvgIpc) is 2.95. The van der Waals surface area contributed by atoms with Crippen molar-refractivity contribution >= 4 is 39.2 Å². The van der Waals surface area contributed by atoms with Crippen molar-refractivity contribution in [1.82, 2.24) is 10.3 Å². The second kappa shape index (κ2) is 4.43. The van der Waals surface area contributed by atoms with Gasteiger partial charge in [0.1, 0.15) is 5.84 Å². The largest absolute Gasteiger partial charge is 0.371 e. The number of nitrogens with zero attached hydrogens (tertiary/aromatic N) is 2. The molecule has 0 aliphatic carbocycles. The maximum absolute atomic E-state index is 4.57. The van der Waals surface area contributed by atoms with Gasteiger partial charge in [0, 0.05) is 6.54 Å². The molecule has 1 aromatic carbocycles. The van der Waals surface area contributed by atoms with E-state index in [9.17, 15) is 0 Å². The fourth-order valence-electron chi connectivity index (χ4n) is 1.59. The van der Waals surface area contributed by atoms with Gasteiger partial charge in [-0.05, 0) is 12.1 Å². The zero-order chi connectivity index (χ0) is 10.8. The highest BCUT2D eigenvalue weighted by Crippen LogP contribution is 2.29. The summed E-state index contributed by atoms with van der Waals surface area (Å²) in [6, 6.07) is 8.25. The molecule has 5 heteroatoms. The van der Waals surface area contributed by atoms with Gasteiger partial charge in [-0.3, -0.25) is 4.99 Å². The van der Waals surface area contributed by atoms with E-state index in [0.29, 0.717) is 0 Å². The van der Waals surface area contributed by atoms with Crippen LogP contribution in [0.5, 0.6) is 0 Å². The summed E-state index contributed by atoms with van der Waals surface area (Å²) in [4.78, 5) is 8.94. The number of aliphatic imine (C=N–C) groups is 1. The van der Waals surface area contributed by atoms with Gasteiger partial charge in [-0.1, -0.05) is 23.9 Å². The molecule has 82 valence electrons. The van der Waals surface area contributed by atoms with Gasteiger partial charge in [-0.25, -0.2) is 4.98 Å². The first kappa shape index (κ1) is 10.1. The van der Waals surface area contributed by atoms with Crippen LogP contribution in [0.1, 0.15) is 0 Å². The highest BCUT2D eigenvalue weighted by molar-refractivity contribution is 8.01. The van der Waals surface area contributed by atoms with Crippen molar-refractivity contribution in [2.75, 3.05) is 18.8 Å². The van der Waals surface area contributed by atoms with E-state index in [1.807, 2.05) is 6.07 Å². The van der Waals surface area contributed by atoms with E-state index in [-0.39, 0.29) is 0 Å². The molecular weight excluding hydrogens is 238 g/mol. The Balaban J connectivity index is 1.74. The van der Waals surface area contributed by atoms with Crippen LogP contribution >= 0.6 is 23.1 Å². The van der Waals surface area contributed by atoms with E-state index in [2.05, 4.69) is 33.5 Å². The van der Waals surface area contributed by atoms with E-state index in [1.165, 1.54) is 4.70 Å². The number of nitrogens with one attached hydrogen (secondary N) is 1. The molecule has 0 radical (unpaired) electrons. The molecule has 0 amide bonds. The number of thiazole rings is 1. The topological polar surface area (TPSA) is 37.3 Å². The van der Waals surface area contributed by atoms with Gasteiger partial charge in [-0.2, -0.15) is 0 Å². The maximum Gasteiger partial charge on any atom is 0.151 e. The van der Waals surface area contributed by atoms with Gasteiger partial charge in [0.15, 0.2) is 4.34 Å². The smallest absolute Gasteiger partial charge is 0.151 e. The third-order valence-corrected chi connectivity index (χ3v) is 4.54. The summed E-state index contributed by atoms with van der Waals surface area (Å²) in [5.74, 6) is 2.00. The van der Waals surface area contributed by atoms with E-state index < -0.39 is 0 Å². The lowest BCUT2D eigenvalue weighted by molar-refractivity contribution is 0.959. The summed E-state index contributed by atoms with van der Waals surface area (Å²) in [6.07, 6.45) is 0. The fraction of sp³-hybridized carbons (Fsp3) is 0.273. The number of para-hydroxylation sites is 1.